The number of nitrogens with zero attached hydrogens (tertiary/aromatic N) is 1. The number of hydrogen-bond acceptors (Lipinski definition) is 3. The van der Waals surface area contributed by atoms with Crippen molar-refractivity contribution >= 4 is 27.5 Å². The predicted molar refractivity (Wildman–Crippen MR) is 84.2 cm³/mol. The largest absolute Gasteiger partial charge is 0.497 e. The summed E-state index contributed by atoms with van der Waals surface area (Å²) in [5.74, 6) is 0.505. The third kappa shape index (κ3) is 3.83. The summed E-state index contributed by atoms with van der Waals surface area (Å²) in [6.07, 6.45) is 0.192. The van der Waals surface area contributed by atoms with Gasteiger partial charge in [-0.1, -0.05) is 28.1 Å². The highest BCUT2D eigenvalue weighted by Crippen LogP contribution is 2.23. The Balaban J connectivity index is 2.14. The molecule has 0 heterocycles. The lowest BCUT2D eigenvalue weighted by atomic mass is 10.1. The van der Waals surface area contributed by atoms with E-state index in [0.717, 1.165) is 10.0 Å². The van der Waals surface area contributed by atoms with Crippen molar-refractivity contribution in [3.05, 3.63) is 58.1 Å². The Morgan fingerprint density at radius 3 is 2.81 bits per heavy atom. The molecule has 0 aliphatic heterocycles. The van der Waals surface area contributed by atoms with E-state index in [9.17, 15) is 4.79 Å². The normalized spacial score (nSPS) is 9.76. The Hall–Kier alpha value is -2.32. The van der Waals surface area contributed by atoms with Crippen molar-refractivity contribution in [2.24, 2.45) is 0 Å². The maximum Gasteiger partial charge on any atom is 0.228 e. The summed E-state index contributed by atoms with van der Waals surface area (Å²) in [6, 6.07) is 14.4. The number of anilines is 1. The number of carbonyl (C=O) groups excluding carboxylic acids is 1. The first-order valence-corrected chi connectivity index (χ1v) is 7.04. The summed E-state index contributed by atoms with van der Waals surface area (Å²) < 4.78 is 5.99. The molecule has 4 nitrogen and oxygen atoms in total. The highest BCUT2D eigenvalue weighted by Gasteiger charge is 2.10. The van der Waals surface area contributed by atoms with E-state index < -0.39 is 0 Å². The van der Waals surface area contributed by atoms with E-state index in [1.807, 2.05) is 12.1 Å². The molecule has 0 atom stereocenters. The second kappa shape index (κ2) is 6.91. The minimum atomic E-state index is -0.188. The van der Waals surface area contributed by atoms with Crippen LogP contribution in [0, 0.1) is 11.3 Å². The minimum absolute atomic E-state index is 0.188. The van der Waals surface area contributed by atoms with Crippen molar-refractivity contribution < 1.29 is 9.53 Å². The van der Waals surface area contributed by atoms with Gasteiger partial charge in [0.05, 0.1) is 24.8 Å². The van der Waals surface area contributed by atoms with Gasteiger partial charge in [0.2, 0.25) is 5.91 Å². The van der Waals surface area contributed by atoms with Crippen LogP contribution in [0.15, 0.2) is 46.9 Å². The van der Waals surface area contributed by atoms with Gasteiger partial charge in [0.1, 0.15) is 11.8 Å². The summed E-state index contributed by atoms with van der Waals surface area (Å²) in [5, 5.41) is 11.8. The quantitative estimate of drug-likeness (QED) is 0.922. The Labute approximate surface area is 131 Å². The zero-order valence-electron chi connectivity index (χ0n) is 11.4. The van der Waals surface area contributed by atoms with Gasteiger partial charge in [-0.15, -0.1) is 0 Å². The summed E-state index contributed by atoms with van der Waals surface area (Å²) in [5.41, 5.74) is 1.78. The van der Waals surface area contributed by atoms with Crippen LogP contribution in [0.25, 0.3) is 0 Å². The number of benzene rings is 2. The van der Waals surface area contributed by atoms with Crippen LogP contribution in [0.1, 0.15) is 11.1 Å². The molecule has 0 bridgehead atoms. The molecule has 0 radical (unpaired) electrons. The number of para-hydroxylation sites is 1. The van der Waals surface area contributed by atoms with Crippen LogP contribution in [0.4, 0.5) is 5.69 Å². The highest BCUT2D eigenvalue weighted by molar-refractivity contribution is 9.10. The lowest BCUT2D eigenvalue weighted by molar-refractivity contribution is -0.115. The summed E-state index contributed by atoms with van der Waals surface area (Å²) in [7, 11) is 1.58. The van der Waals surface area contributed by atoms with E-state index in [4.69, 9.17) is 10.00 Å². The molecular weight excluding hydrogens is 332 g/mol. The van der Waals surface area contributed by atoms with E-state index in [2.05, 4.69) is 27.3 Å². The maximum absolute atomic E-state index is 12.1. The molecule has 2 rings (SSSR count). The van der Waals surface area contributed by atoms with E-state index in [1.54, 1.807) is 37.4 Å². The molecule has 0 unspecified atom stereocenters. The zero-order valence-corrected chi connectivity index (χ0v) is 13.0. The molecule has 0 aromatic heterocycles. The Kier molecular flexibility index (Phi) is 4.96. The highest BCUT2D eigenvalue weighted by atomic mass is 79.9. The molecule has 2 aromatic carbocycles. The third-order valence-electron chi connectivity index (χ3n) is 2.93. The smallest absolute Gasteiger partial charge is 0.228 e. The molecule has 5 heteroatoms. The van der Waals surface area contributed by atoms with Crippen LogP contribution in [0.5, 0.6) is 5.75 Å². The number of halogens is 1. The van der Waals surface area contributed by atoms with Gasteiger partial charge in [-0.2, -0.15) is 5.26 Å². The second-order valence-electron chi connectivity index (χ2n) is 4.34. The van der Waals surface area contributed by atoms with Crippen LogP contribution < -0.4 is 10.1 Å². The Bertz CT molecular complexity index is 708. The number of nitriles is 1. The average molecular weight is 345 g/mol. The second-order valence-corrected chi connectivity index (χ2v) is 5.19. The number of carbonyl (C=O) groups is 1. The fourth-order valence-electron chi connectivity index (χ4n) is 1.87. The Morgan fingerprint density at radius 2 is 2.10 bits per heavy atom. The molecule has 0 spiro atoms. The van der Waals surface area contributed by atoms with E-state index in [0.29, 0.717) is 17.0 Å². The van der Waals surface area contributed by atoms with Crippen LogP contribution in [0.3, 0.4) is 0 Å². The molecule has 0 aliphatic rings. The average Bonchev–Trinajstić information content (AvgIpc) is 2.50. The van der Waals surface area contributed by atoms with Crippen LogP contribution in [-0.2, 0) is 11.2 Å². The lowest BCUT2D eigenvalue weighted by Gasteiger charge is -2.09. The van der Waals surface area contributed by atoms with Gasteiger partial charge in [-0.25, -0.2) is 0 Å². The molecule has 2 aromatic rings. The summed E-state index contributed by atoms with van der Waals surface area (Å²) in [6.45, 7) is 0. The van der Waals surface area contributed by atoms with Crippen LogP contribution >= 0.6 is 15.9 Å². The van der Waals surface area contributed by atoms with Crippen molar-refractivity contribution in [3.8, 4) is 11.8 Å². The number of hydrogen-bond donors (Lipinski definition) is 1. The van der Waals surface area contributed by atoms with E-state index in [1.165, 1.54) is 0 Å². The maximum atomic E-state index is 12.1. The van der Waals surface area contributed by atoms with Crippen LogP contribution in [-0.4, -0.2) is 13.0 Å². The minimum Gasteiger partial charge on any atom is -0.497 e. The van der Waals surface area contributed by atoms with Gasteiger partial charge in [-0.05, 0) is 35.9 Å². The van der Waals surface area contributed by atoms with E-state index in [-0.39, 0.29) is 12.3 Å². The van der Waals surface area contributed by atoms with Gasteiger partial charge >= 0.3 is 0 Å². The number of ether oxygens (including phenoxy) is 1. The molecule has 0 saturated carbocycles. The topological polar surface area (TPSA) is 62.1 Å². The monoisotopic (exact) mass is 344 g/mol. The first-order valence-electron chi connectivity index (χ1n) is 6.25. The number of amides is 1. The lowest BCUT2D eigenvalue weighted by Crippen LogP contribution is -2.15. The van der Waals surface area contributed by atoms with Crippen molar-refractivity contribution in [3.63, 3.8) is 0 Å². The van der Waals surface area contributed by atoms with Crippen molar-refractivity contribution in [1.82, 2.24) is 0 Å². The van der Waals surface area contributed by atoms with Crippen molar-refractivity contribution in [2.45, 2.75) is 6.42 Å². The molecule has 1 amide bonds. The van der Waals surface area contributed by atoms with Gasteiger partial charge in [0.25, 0.3) is 0 Å². The SMILES string of the molecule is COc1ccc(Br)c(CC(=O)Nc2ccccc2C#N)c1. The summed E-state index contributed by atoms with van der Waals surface area (Å²) in [4.78, 5) is 12.1. The Morgan fingerprint density at radius 1 is 1.33 bits per heavy atom. The van der Waals surface area contributed by atoms with E-state index >= 15 is 0 Å². The van der Waals surface area contributed by atoms with Crippen molar-refractivity contribution in [1.29, 1.82) is 5.26 Å². The molecule has 0 saturated heterocycles. The first-order chi connectivity index (χ1) is 10.1. The number of rotatable bonds is 4. The zero-order chi connectivity index (χ0) is 15.2. The molecule has 106 valence electrons. The van der Waals surface area contributed by atoms with Crippen molar-refractivity contribution in [2.75, 3.05) is 12.4 Å². The van der Waals surface area contributed by atoms with Gasteiger partial charge in [-0.3, -0.25) is 4.79 Å². The standard InChI is InChI=1S/C16H13BrN2O2/c1-21-13-6-7-14(17)12(8-13)9-16(20)19-15-5-3-2-4-11(15)10-18/h2-8H,9H2,1H3,(H,19,20). The molecule has 0 fully saturated rings. The molecule has 21 heavy (non-hydrogen) atoms. The fourth-order valence-corrected chi connectivity index (χ4v) is 2.26. The first kappa shape index (κ1) is 15.1. The number of nitrogens with one attached hydrogen (secondary N) is 1. The predicted octanol–water partition coefficient (Wildman–Crippen LogP) is 3.51. The molecular formula is C16H13BrN2O2. The molecule has 1 N–H and O–H groups in total. The van der Waals surface area contributed by atoms with Gasteiger partial charge in [0.15, 0.2) is 0 Å². The van der Waals surface area contributed by atoms with Gasteiger partial charge < -0.3 is 10.1 Å². The number of methoxy groups -OCH3 is 1. The third-order valence-corrected chi connectivity index (χ3v) is 3.70. The molecule has 0 aliphatic carbocycles. The fraction of sp³-hybridized carbons (Fsp3) is 0.125. The summed E-state index contributed by atoms with van der Waals surface area (Å²) >= 11 is 3.41. The van der Waals surface area contributed by atoms with Crippen LogP contribution in [0.2, 0.25) is 0 Å². The van der Waals surface area contributed by atoms with Gasteiger partial charge in [0, 0.05) is 4.47 Å².